The molecule has 2 atom stereocenters. The summed E-state index contributed by atoms with van der Waals surface area (Å²) in [7, 11) is 0. The molecule has 28 heavy (non-hydrogen) atoms. The summed E-state index contributed by atoms with van der Waals surface area (Å²) >= 11 is 0. The summed E-state index contributed by atoms with van der Waals surface area (Å²) in [4.78, 5) is 39.5. The van der Waals surface area contributed by atoms with Gasteiger partial charge in [0.2, 0.25) is 5.91 Å². The minimum atomic E-state index is -1.09. The Morgan fingerprint density at radius 3 is 2.46 bits per heavy atom. The minimum absolute atomic E-state index is 0.0689. The Labute approximate surface area is 159 Å². The zero-order valence-electron chi connectivity index (χ0n) is 15.0. The highest BCUT2D eigenvalue weighted by atomic mass is 16.6. The van der Waals surface area contributed by atoms with Crippen molar-refractivity contribution in [3.63, 3.8) is 0 Å². The first-order valence-electron chi connectivity index (χ1n) is 8.74. The average Bonchev–Trinajstić information content (AvgIpc) is 3.04. The predicted molar refractivity (Wildman–Crippen MR) is 101 cm³/mol. The Hall–Kier alpha value is -3.68. The lowest BCUT2D eigenvalue weighted by Gasteiger charge is -2.39. The van der Waals surface area contributed by atoms with E-state index in [2.05, 4.69) is 4.98 Å². The van der Waals surface area contributed by atoms with Gasteiger partial charge in [-0.1, -0.05) is 18.2 Å². The van der Waals surface area contributed by atoms with Crippen LogP contribution in [0.5, 0.6) is 0 Å². The first kappa shape index (κ1) is 17.7. The number of hydrogen-bond acceptors (Lipinski definition) is 4. The van der Waals surface area contributed by atoms with Crippen molar-refractivity contribution in [1.29, 1.82) is 0 Å². The second kappa shape index (κ2) is 6.49. The minimum Gasteiger partial charge on any atom is -0.480 e. The Kier molecular flexibility index (Phi) is 4.11. The van der Waals surface area contributed by atoms with Gasteiger partial charge in [0.25, 0.3) is 5.69 Å². The van der Waals surface area contributed by atoms with Crippen molar-refractivity contribution >= 4 is 28.5 Å². The molecule has 1 aromatic heterocycles. The summed E-state index contributed by atoms with van der Waals surface area (Å²) in [6.07, 6.45) is 0.192. The zero-order valence-corrected chi connectivity index (χ0v) is 15.0. The molecule has 3 aromatic rings. The van der Waals surface area contributed by atoms with Crippen LogP contribution in [0.1, 0.15) is 29.8 Å². The number of carboxylic acids is 1. The summed E-state index contributed by atoms with van der Waals surface area (Å²) in [5.74, 6) is -1.46. The van der Waals surface area contributed by atoms with Gasteiger partial charge in [-0.25, -0.2) is 4.79 Å². The summed E-state index contributed by atoms with van der Waals surface area (Å²) in [5.41, 5.74) is 2.99. The van der Waals surface area contributed by atoms with E-state index in [1.54, 1.807) is 12.1 Å². The van der Waals surface area contributed by atoms with E-state index in [1.807, 2.05) is 24.3 Å². The van der Waals surface area contributed by atoms with Crippen LogP contribution in [-0.2, 0) is 16.0 Å². The first-order chi connectivity index (χ1) is 13.4. The third-order valence-electron chi connectivity index (χ3n) is 5.20. The molecular formula is C20H17N3O5. The summed E-state index contributed by atoms with van der Waals surface area (Å²) < 4.78 is 0. The molecule has 2 heterocycles. The zero-order chi connectivity index (χ0) is 20.0. The standard InChI is InChI=1S/C20H17N3O5/c1-11(24)22-17(20(25)26)10-15-14-4-2-3-5-16(14)21-18(15)19(22)12-6-8-13(9-7-12)23(27)28/h2-9,17,19,21H,10H2,1H3,(H,25,26)/t17-,19-/m0/s1. The summed E-state index contributed by atoms with van der Waals surface area (Å²) in [6, 6.07) is 11.7. The number of rotatable bonds is 3. The lowest BCUT2D eigenvalue weighted by Crippen LogP contribution is -2.50. The number of fused-ring (bicyclic) bond motifs is 3. The molecule has 4 rings (SSSR count). The van der Waals surface area contributed by atoms with E-state index in [1.165, 1.54) is 24.0 Å². The summed E-state index contributed by atoms with van der Waals surface area (Å²) in [6.45, 7) is 1.34. The molecule has 2 aromatic carbocycles. The normalized spacial score (nSPS) is 18.7. The Morgan fingerprint density at radius 1 is 1.18 bits per heavy atom. The number of H-pyrrole nitrogens is 1. The van der Waals surface area contributed by atoms with Crippen LogP contribution in [0, 0.1) is 10.1 Å². The van der Waals surface area contributed by atoms with Crippen LogP contribution in [0.15, 0.2) is 48.5 Å². The third kappa shape index (κ3) is 2.70. The van der Waals surface area contributed by atoms with Crippen LogP contribution in [0.3, 0.4) is 0 Å². The fourth-order valence-electron chi connectivity index (χ4n) is 4.00. The fourth-order valence-corrected chi connectivity index (χ4v) is 4.00. The van der Waals surface area contributed by atoms with Crippen LogP contribution in [-0.4, -0.2) is 37.8 Å². The Bertz CT molecular complexity index is 1100. The number of nitrogens with one attached hydrogen (secondary N) is 1. The molecule has 0 bridgehead atoms. The van der Waals surface area contributed by atoms with Gasteiger partial charge in [-0.05, 0) is 29.3 Å². The molecule has 8 nitrogen and oxygen atoms in total. The van der Waals surface area contributed by atoms with Gasteiger partial charge in [-0.2, -0.15) is 0 Å². The van der Waals surface area contributed by atoms with Crippen molar-refractivity contribution in [3.05, 3.63) is 75.5 Å². The molecule has 0 spiro atoms. The number of nitro benzene ring substituents is 1. The van der Waals surface area contributed by atoms with Crippen LogP contribution in [0.4, 0.5) is 5.69 Å². The Balaban J connectivity index is 1.95. The van der Waals surface area contributed by atoms with E-state index >= 15 is 0 Å². The summed E-state index contributed by atoms with van der Waals surface area (Å²) in [5, 5.41) is 21.7. The molecule has 0 fully saturated rings. The molecule has 0 saturated carbocycles. The molecule has 0 radical (unpaired) electrons. The van der Waals surface area contributed by atoms with Crippen LogP contribution in [0.25, 0.3) is 10.9 Å². The number of carboxylic acid groups (broad SMARTS) is 1. The molecule has 1 aliphatic heterocycles. The SMILES string of the molecule is CC(=O)N1[C@@H](c2ccc([N+](=O)[O-])cc2)c2[nH]c3ccccc3c2C[C@H]1C(=O)O. The number of hydrogen-bond donors (Lipinski definition) is 2. The van der Waals surface area contributed by atoms with Crippen molar-refractivity contribution in [2.24, 2.45) is 0 Å². The van der Waals surface area contributed by atoms with Gasteiger partial charge >= 0.3 is 5.97 Å². The predicted octanol–water partition coefficient (Wildman–Crippen LogP) is 3.02. The number of carbonyl (C=O) groups excluding carboxylic acids is 1. The highest BCUT2D eigenvalue weighted by molar-refractivity contribution is 5.90. The van der Waals surface area contributed by atoms with E-state index < -0.39 is 23.0 Å². The number of non-ortho nitro benzene ring substituents is 1. The molecule has 1 amide bonds. The van der Waals surface area contributed by atoms with Crippen molar-refractivity contribution in [3.8, 4) is 0 Å². The second-order valence-electron chi connectivity index (χ2n) is 6.80. The smallest absolute Gasteiger partial charge is 0.326 e. The molecular weight excluding hydrogens is 362 g/mol. The number of benzene rings is 2. The number of aromatic nitrogens is 1. The monoisotopic (exact) mass is 379 g/mol. The molecule has 0 unspecified atom stereocenters. The molecule has 8 heteroatoms. The number of para-hydroxylation sites is 1. The first-order valence-corrected chi connectivity index (χ1v) is 8.74. The molecule has 0 aliphatic carbocycles. The van der Waals surface area contributed by atoms with Crippen molar-refractivity contribution in [1.82, 2.24) is 9.88 Å². The molecule has 2 N–H and O–H groups in total. The maximum Gasteiger partial charge on any atom is 0.326 e. The topological polar surface area (TPSA) is 117 Å². The van der Waals surface area contributed by atoms with Gasteiger partial charge in [0.05, 0.1) is 11.0 Å². The molecule has 0 saturated heterocycles. The van der Waals surface area contributed by atoms with E-state index in [0.717, 1.165) is 22.2 Å². The van der Waals surface area contributed by atoms with Crippen LogP contribution >= 0.6 is 0 Å². The van der Waals surface area contributed by atoms with E-state index in [9.17, 15) is 24.8 Å². The lowest BCUT2D eigenvalue weighted by atomic mass is 9.88. The quantitative estimate of drug-likeness (QED) is 0.536. The van der Waals surface area contributed by atoms with Gasteiger partial charge in [0.15, 0.2) is 0 Å². The van der Waals surface area contributed by atoms with E-state index in [-0.39, 0.29) is 18.0 Å². The third-order valence-corrected chi connectivity index (χ3v) is 5.20. The molecule has 1 aliphatic rings. The highest BCUT2D eigenvalue weighted by Crippen LogP contribution is 2.41. The largest absolute Gasteiger partial charge is 0.480 e. The lowest BCUT2D eigenvalue weighted by molar-refractivity contribution is -0.384. The van der Waals surface area contributed by atoms with Crippen LogP contribution < -0.4 is 0 Å². The van der Waals surface area contributed by atoms with Crippen molar-refractivity contribution < 1.29 is 19.6 Å². The Morgan fingerprint density at radius 2 is 1.86 bits per heavy atom. The van der Waals surface area contributed by atoms with Gasteiger partial charge in [-0.3, -0.25) is 14.9 Å². The fraction of sp³-hybridized carbons (Fsp3) is 0.200. The average molecular weight is 379 g/mol. The van der Waals surface area contributed by atoms with E-state index in [0.29, 0.717) is 5.56 Å². The number of aliphatic carboxylic acids is 1. The number of amides is 1. The number of aromatic amines is 1. The van der Waals surface area contributed by atoms with Gasteiger partial charge in [0.1, 0.15) is 6.04 Å². The maximum atomic E-state index is 12.4. The number of nitro groups is 1. The maximum absolute atomic E-state index is 12.4. The number of carbonyl (C=O) groups is 2. The van der Waals surface area contributed by atoms with Crippen molar-refractivity contribution in [2.75, 3.05) is 0 Å². The number of nitrogens with zero attached hydrogens (tertiary/aromatic N) is 2. The molecule has 142 valence electrons. The highest BCUT2D eigenvalue weighted by Gasteiger charge is 2.42. The second-order valence-corrected chi connectivity index (χ2v) is 6.80. The van der Waals surface area contributed by atoms with E-state index in [4.69, 9.17) is 0 Å². The van der Waals surface area contributed by atoms with Gasteiger partial charge in [-0.15, -0.1) is 0 Å². The van der Waals surface area contributed by atoms with Gasteiger partial charge < -0.3 is 15.0 Å². The van der Waals surface area contributed by atoms with Gasteiger partial charge in [0, 0.05) is 42.1 Å². The van der Waals surface area contributed by atoms with Crippen molar-refractivity contribution in [2.45, 2.75) is 25.4 Å². The van der Waals surface area contributed by atoms with Crippen LogP contribution in [0.2, 0.25) is 0 Å².